The molecule has 1 amide bonds. The molecule has 100 valence electrons. The number of amides is 1. The first kappa shape index (κ1) is 14.5. The van der Waals surface area contributed by atoms with E-state index in [0.29, 0.717) is 0 Å². The summed E-state index contributed by atoms with van der Waals surface area (Å²) < 4.78 is 25.9. The summed E-state index contributed by atoms with van der Waals surface area (Å²) in [7, 11) is -3.57. The first-order valence-electron chi connectivity index (χ1n) is 5.57. The van der Waals surface area contributed by atoms with Crippen molar-refractivity contribution >= 4 is 21.6 Å². The summed E-state index contributed by atoms with van der Waals surface area (Å²) in [5.74, 6) is -0.541. The van der Waals surface area contributed by atoms with Gasteiger partial charge >= 0.3 is 0 Å². The van der Waals surface area contributed by atoms with Gasteiger partial charge < -0.3 is 11.1 Å². The van der Waals surface area contributed by atoms with E-state index in [1.807, 2.05) is 6.92 Å². The van der Waals surface area contributed by atoms with Gasteiger partial charge in [0.1, 0.15) is 0 Å². The maximum absolute atomic E-state index is 11.8. The van der Waals surface area contributed by atoms with Gasteiger partial charge in [-0.2, -0.15) is 0 Å². The van der Waals surface area contributed by atoms with Crippen LogP contribution in [-0.2, 0) is 14.8 Å². The number of carbonyl (C=O) groups excluding carboxylic acids is 1. The molecule has 1 aromatic rings. The summed E-state index contributed by atoms with van der Waals surface area (Å²) in [6.45, 7) is 2.73. The minimum Gasteiger partial charge on any atom is -0.385 e. The number of hydrogen-bond acceptors (Lipinski definition) is 4. The first-order valence-corrected chi connectivity index (χ1v) is 7.06. The van der Waals surface area contributed by atoms with E-state index in [-0.39, 0.29) is 17.9 Å². The van der Waals surface area contributed by atoms with Gasteiger partial charge in [-0.15, -0.1) is 0 Å². The Morgan fingerprint density at radius 1 is 1.28 bits per heavy atom. The van der Waals surface area contributed by atoms with Gasteiger partial charge in [0.15, 0.2) is 0 Å². The number of benzene rings is 1. The lowest BCUT2D eigenvalue weighted by Crippen LogP contribution is -2.28. The summed E-state index contributed by atoms with van der Waals surface area (Å²) in [6.07, 6.45) is -0.0191. The molecule has 0 aromatic heterocycles. The van der Waals surface area contributed by atoms with Gasteiger partial charge in [-0.3, -0.25) is 4.79 Å². The molecule has 0 aliphatic heterocycles. The molecule has 7 heteroatoms. The minimum absolute atomic E-state index is 0.00658. The molecule has 0 heterocycles. The highest BCUT2D eigenvalue weighted by molar-refractivity contribution is 7.89. The van der Waals surface area contributed by atoms with Gasteiger partial charge in [0.2, 0.25) is 15.9 Å². The van der Waals surface area contributed by atoms with Crippen LogP contribution in [0.2, 0.25) is 0 Å². The fraction of sp³-hybridized carbons (Fsp3) is 0.364. The lowest BCUT2D eigenvalue weighted by Gasteiger charge is -2.07. The Morgan fingerprint density at radius 2 is 1.89 bits per heavy atom. The largest absolute Gasteiger partial charge is 0.385 e. The third kappa shape index (κ3) is 4.34. The van der Waals surface area contributed by atoms with Crippen LogP contribution in [0.4, 0.5) is 5.69 Å². The predicted octanol–water partition coefficient (Wildman–Crippen LogP) is 0.272. The van der Waals surface area contributed by atoms with Crippen molar-refractivity contribution in [3.63, 3.8) is 0 Å². The fourth-order valence-corrected chi connectivity index (χ4v) is 2.38. The van der Waals surface area contributed by atoms with Crippen LogP contribution in [-0.4, -0.2) is 27.4 Å². The van der Waals surface area contributed by atoms with Crippen molar-refractivity contribution < 1.29 is 13.2 Å². The Labute approximate surface area is 107 Å². The summed E-state index contributed by atoms with van der Waals surface area (Å²) in [6, 6.07) is 6.38. The molecule has 6 nitrogen and oxygen atoms in total. The number of anilines is 1. The van der Waals surface area contributed by atoms with E-state index in [2.05, 4.69) is 10.0 Å². The molecule has 0 fully saturated rings. The van der Waals surface area contributed by atoms with Gasteiger partial charge in [0.05, 0.1) is 4.90 Å². The van der Waals surface area contributed by atoms with Crippen LogP contribution >= 0.6 is 0 Å². The molecular weight excluding hydrogens is 254 g/mol. The lowest BCUT2D eigenvalue weighted by atomic mass is 10.3. The molecule has 0 unspecified atom stereocenters. The average molecular weight is 271 g/mol. The van der Waals surface area contributed by atoms with Gasteiger partial charge in [0.25, 0.3) is 0 Å². The van der Waals surface area contributed by atoms with Crippen LogP contribution in [0.15, 0.2) is 29.2 Å². The molecule has 0 bridgehead atoms. The number of hydrogen-bond donors (Lipinski definition) is 3. The second-order valence-corrected chi connectivity index (χ2v) is 5.44. The Kier molecular flexibility index (Phi) is 5.11. The molecule has 18 heavy (non-hydrogen) atoms. The van der Waals surface area contributed by atoms with Crippen LogP contribution in [0.5, 0.6) is 0 Å². The topological polar surface area (TPSA) is 101 Å². The molecule has 1 rings (SSSR count). The van der Waals surface area contributed by atoms with Crippen molar-refractivity contribution in [1.82, 2.24) is 4.72 Å². The van der Waals surface area contributed by atoms with E-state index in [0.717, 1.165) is 12.2 Å². The van der Waals surface area contributed by atoms with Crippen molar-refractivity contribution in [2.45, 2.75) is 18.2 Å². The Morgan fingerprint density at radius 3 is 2.39 bits per heavy atom. The maximum Gasteiger partial charge on any atom is 0.240 e. The lowest BCUT2D eigenvalue weighted by molar-refractivity contribution is -0.117. The standard InChI is InChI=1S/C11H17N3O3S/c1-2-13-9-3-5-10(6-4-9)18(16,17)14-8-7-11(12)15/h3-6,13-14H,2,7-8H2,1H3,(H2,12,15). The van der Waals surface area contributed by atoms with E-state index in [1.165, 1.54) is 12.1 Å². The second-order valence-electron chi connectivity index (χ2n) is 3.67. The monoisotopic (exact) mass is 271 g/mol. The first-order chi connectivity index (χ1) is 8.45. The summed E-state index contributed by atoms with van der Waals surface area (Å²) >= 11 is 0. The zero-order valence-corrected chi connectivity index (χ0v) is 11.0. The van der Waals surface area contributed by atoms with Crippen molar-refractivity contribution in [2.75, 3.05) is 18.4 Å². The van der Waals surface area contributed by atoms with Gasteiger partial charge in [-0.05, 0) is 31.2 Å². The molecule has 0 saturated carbocycles. The molecule has 4 N–H and O–H groups in total. The molecule has 1 aromatic carbocycles. The quantitative estimate of drug-likeness (QED) is 0.662. The zero-order valence-electron chi connectivity index (χ0n) is 10.1. The van der Waals surface area contributed by atoms with E-state index in [1.54, 1.807) is 12.1 Å². The van der Waals surface area contributed by atoms with E-state index in [4.69, 9.17) is 5.73 Å². The van der Waals surface area contributed by atoms with Crippen molar-refractivity contribution in [3.05, 3.63) is 24.3 Å². The maximum atomic E-state index is 11.8. The van der Waals surface area contributed by atoms with Crippen LogP contribution in [0, 0.1) is 0 Å². The van der Waals surface area contributed by atoms with Gasteiger partial charge in [-0.25, -0.2) is 13.1 Å². The number of nitrogens with one attached hydrogen (secondary N) is 2. The zero-order chi connectivity index (χ0) is 13.6. The molecule has 0 atom stereocenters. The molecule has 0 aliphatic carbocycles. The van der Waals surface area contributed by atoms with Crippen LogP contribution in [0.3, 0.4) is 0 Å². The Hall–Kier alpha value is -1.60. The second kappa shape index (κ2) is 6.36. The molecular formula is C11H17N3O3S. The Bertz CT molecular complexity index is 497. The van der Waals surface area contributed by atoms with E-state index >= 15 is 0 Å². The number of sulfonamides is 1. The average Bonchev–Trinajstić information content (AvgIpc) is 2.29. The number of rotatable bonds is 7. The molecule has 0 spiro atoms. The third-order valence-corrected chi connectivity index (χ3v) is 3.69. The number of primary amides is 1. The summed E-state index contributed by atoms with van der Waals surface area (Å²) in [4.78, 5) is 10.7. The van der Waals surface area contributed by atoms with Crippen LogP contribution in [0.25, 0.3) is 0 Å². The van der Waals surface area contributed by atoms with Crippen molar-refractivity contribution in [3.8, 4) is 0 Å². The SMILES string of the molecule is CCNc1ccc(S(=O)(=O)NCCC(N)=O)cc1. The Balaban J connectivity index is 2.69. The normalized spacial score (nSPS) is 11.2. The minimum atomic E-state index is -3.57. The predicted molar refractivity (Wildman–Crippen MR) is 69.6 cm³/mol. The van der Waals surface area contributed by atoms with E-state index < -0.39 is 15.9 Å². The third-order valence-electron chi connectivity index (χ3n) is 2.21. The molecule has 0 aliphatic rings. The smallest absolute Gasteiger partial charge is 0.240 e. The van der Waals surface area contributed by atoms with Crippen molar-refractivity contribution in [2.24, 2.45) is 5.73 Å². The van der Waals surface area contributed by atoms with Crippen LogP contribution < -0.4 is 15.8 Å². The van der Waals surface area contributed by atoms with Gasteiger partial charge in [0, 0.05) is 25.2 Å². The van der Waals surface area contributed by atoms with Gasteiger partial charge in [-0.1, -0.05) is 0 Å². The highest BCUT2D eigenvalue weighted by Crippen LogP contribution is 2.13. The molecule has 0 radical (unpaired) electrons. The number of nitrogens with two attached hydrogens (primary N) is 1. The fourth-order valence-electron chi connectivity index (χ4n) is 1.35. The summed E-state index contributed by atoms with van der Waals surface area (Å²) in [5.41, 5.74) is 5.79. The van der Waals surface area contributed by atoms with Crippen LogP contribution in [0.1, 0.15) is 13.3 Å². The summed E-state index contributed by atoms with van der Waals surface area (Å²) in [5, 5.41) is 3.07. The highest BCUT2D eigenvalue weighted by Gasteiger charge is 2.13. The molecule has 0 saturated heterocycles. The highest BCUT2D eigenvalue weighted by atomic mass is 32.2. The van der Waals surface area contributed by atoms with E-state index in [9.17, 15) is 13.2 Å². The number of carbonyl (C=O) groups is 1. The van der Waals surface area contributed by atoms with Crippen molar-refractivity contribution in [1.29, 1.82) is 0 Å².